The third-order valence-corrected chi connectivity index (χ3v) is 10.0. The van der Waals surface area contributed by atoms with E-state index < -0.39 is 6.03 Å². The SMILES string of the molecule is O=C(Nc1ccc(CCN2CCCCC2)cc1)c1sc2ncnc3c2c1NC(=O)N3c1ccc(Oc2ccccc2)c(CI)c1. The van der Waals surface area contributed by atoms with Crippen LogP contribution in [0.3, 0.4) is 0 Å². The van der Waals surface area contributed by atoms with Crippen molar-refractivity contribution in [2.45, 2.75) is 30.1 Å². The Bertz CT molecular complexity index is 1860. The third kappa shape index (κ3) is 6.24. The fourth-order valence-electron chi connectivity index (χ4n) is 5.80. The number of piperidine rings is 1. The second-order valence-corrected chi connectivity index (χ2v) is 12.9. The molecule has 0 radical (unpaired) electrons. The highest BCUT2D eigenvalue weighted by Crippen LogP contribution is 2.45. The van der Waals surface area contributed by atoms with E-state index in [1.54, 1.807) is 0 Å². The zero-order chi connectivity index (χ0) is 30.8. The largest absolute Gasteiger partial charge is 0.457 e. The van der Waals surface area contributed by atoms with Gasteiger partial charge in [-0.3, -0.25) is 4.79 Å². The number of amides is 3. The van der Waals surface area contributed by atoms with E-state index in [0.29, 0.717) is 42.4 Å². The highest BCUT2D eigenvalue weighted by Gasteiger charge is 2.34. The Morgan fingerprint density at radius 3 is 2.58 bits per heavy atom. The maximum Gasteiger partial charge on any atom is 0.332 e. The van der Waals surface area contributed by atoms with Crippen LogP contribution >= 0.6 is 33.9 Å². The van der Waals surface area contributed by atoms with Gasteiger partial charge in [-0.25, -0.2) is 19.7 Å². The van der Waals surface area contributed by atoms with Crippen molar-refractivity contribution in [3.8, 4) is 11.5 Å². The minimum Gasteiger partial charge on any atom is -0.457 e. The van der Waals surface area contributed by atoms with Crippen LogP contribution in [-0.2, 0) is 10.8 Å². The van der Waals surface area contributed by atoms with E-state index in [1.807, 2.05) is 60.7 Å². The number of carbonyl (C=O) groups is 2. The molecule has 2 aromatic heterocycles. The summed E-state index contributed by atoms with van der Waals surface area (Å²) in [6, 6.07) is 22.8. The minimum absolute atomic E-state index is 0.302. The number of anilines is 4. The van der Waals surface area contributed by atoms with E-state index in [4.69, 9.17) is 4.74 Å². The Labute approximate surface area is 278 Å². The lowest BCUT2D eigenvalue weighted by Gasteiger charge is -2.27. The molecule has 0 unspecified atom stereocenters. The maximum atomic E-state index is 13.6. The Hall–Kier alpha value is -4.07. The summed E-state index contributed by atoms with van der Waals surface area (Å²) in [5.41, 5.74) is 3.95. The van der Waals surface area contributed by atoms with Gasteiger partial charge in [-0.05, 0) is 80.4 Å². The zero-order valence-corrected chi connectivity index (χ0v) is 27.4. The third-order valence-electron chi connectivity index (χ3n) is 8.12. The summed E-state index contributed by atoms with van der Waals surface area (Å²) in [4.78, 5) is 41.1. The van der Waals surface area contributed by atoms with Crippen molar-refractivity contribution in [1.82, 2.24) is 14.9 Å². The Balaban J connectivity index is 1.11. The molecular weight excluding hydrogens is 699 g/mol. The number of alkyl halides is 1. The van der Waals surface area contributed by atoms with E-state index in [0.717, 1.165) is 30.0 Å². The Morgan fingerprint density at radius 2 is 1.80 bits per heavy atom. The van der Waals surface area contributed by atoms with Crippen LogP contribution in [-0.4, -0.2) is 46.4 Å². The number of nitrogens with one attached hydrogen (secondary N) is 2. The average Bonchev–Trinajstić information content (AvgIpc) is 3.45. The molecule has 3 amide bonds. The lowest BCUT2D eigenvalue weighted by Crippen LogP contribution is -2.35. The first kappa shape index (κ1) is 29.6. The predicted octanol–water partition coefficient (Wildman–Crippen LogP) is 8.38. The van der Waals surface area contributed by atoms with Crippen molar-refractivity contribution in [3.63, 3.8) is 0 Å². The number of likely N-dealkylation sites (tertiary alicyclic amines) is 1. The van der Waals surface area contributed by atoms with E-state index in [-0.39, 0.29) is 5.91 Å². The molecule has 0 bridgehead atoms. The van der Waals surface area contributed by atoms with Gasteiger partial charge in [0.1, 0.15) is 27.5 Å². The number of hydrogen-bond acceptors (Lipinski definition) is 7. The van der Waals surface area contributed by atoms with Crippen molar-refractivity contribution < 1.29 is 14.3 Å². The lowest BCUT2D eigenvalue weighted by molar-refractivity contribution is 0.103. The van der Waals surface area contributed by atoms with E-state index in [2.05, 4.69) is 60.2 Å². The molecule has 5 aromatic rings. The number of benzene rings is 3. The van der Waals surface area contributed by atoms with Gasteiger partial charge in [0.2, 0.25) is 0 Å². The average molecular weight is 731 g/mol. The summed E-state index contributed by atoms with van der Waals surface area (Å²) in [5.74, 6) is 1.59. The quantitative estimate of drug-likeness (QED) is 0.117. The monoisotopic (exact) mass is 730 g/mol. The molecule has 2 N–H and O–H groups in total. The van der Waals surface area contributed by atoms with Crippen molar-refractivity contribution in [3.05, 3.63) is 95.1 Å². The molecule has 4 heterocycles. The van der Waals surface area contributed by atoms with Gasteiger partial charge in [0.25, 0.3) is 5.91 Å². The van der Waals surface area contributed by atoms with Crippen LogP contribution in [0.2, 0.25) is 0 Å². The molecule has 1 fully saturated rings. The molecule has 7 rings (SSSR count). The van der Waals surface area contributed by atoms with Crippen LogP contribution < -0.4 is 20.3 Å². The van der Waals surface area contributed by atoms with Crippen molar-refractivity contribution in [2.75, 3.05) is 35.2 Å². The number of thiophene rings is 1. The second-order valence-electron chi connectivity index (χ2n) is 11.1. The molecule has 228 valence electrons. The molecule has 11 heteroatoms. The molecule has 0 spiro atoms. The summed E-state index contributed by atoms with van der Waals surface area (Å²) >= 11 is 3.52. The summed E-state index contributed by atoms with van der Waals surface area (Å²) in [7, 11) is 0. The summed E-state index contributed by atoms with van der Waals surface area (Å²) in [5, 5.41) is 6.60. The van der Waals surface area contributed by atoms with Crippen LogP contribution in [0.1, 0.15) is 40.1 Å². The first-order valence-electron chi connectivity index (χ1n) is 15.0. The number of urea groups is 1. The van der Waals surface area contributed by atoms with Crippen LogP contribution in [0.25, 0.3) is 10.2 Å². The second kappa shape index (κ2) is 13.1. The van der Waals surface area contributed by atoms with Gasteiger partial charge >= 0.3 is 6.03 Å². The first-order chi connectivity index (χ1) is 22.1. The molecule has 0 atom stereocenters. The van der Waals surface area contributed by atoms with Gasteiger partial charge < -0.3 is 20.3 Å². The number of para-hydroxylation sites is 1. The summed E-state index contributed by atoms with van der Waals surface area (Å²) < 4.78 is 6.79. The van der Waals surface area contributed by atoms with Gasteiger partial charge in [0.05, 0.1) is 16.8 Å². The maximum absolute atomic E-state index is 13.6. The molecule has 2 aliphatic heterocycles. The number of carbonyl (C=O) groups excluding carboxylic acids is 2. The minimum atomic E-state index is -0.399. The molecule has 1 saturated heterocycles. The lowest BCUT2D eigenvalue weighted by atomic mass is 10.1. The van der Waals surface area contributed by atoms with Gasteiger partial charge in [0.15, 0.2) is 5.82 Å². The fourth-order valence-corrected chi connectivity index (χ4v) is 7.39. The molecule has 0 aliphatic carbocycles. The van der Waals surface area contributed by atoms with Crippen LogP contribution in [0.4, 0.5) is 27.7 Å². The van der Waals surface area contributed by atoms with Crippen molar-refractivity contribution in [1.29, 1.82) is 0 Å². The van der Waals surface area contributed by atoms with E-state index in [1.165, 1.54) is 60.5 Å². The van der Waals surface area contributed by atoms with Gasteiger partial charge in [-0.15, -0.1) is 11.3 Å². The highest BCUT2D eigenvalue weighted by atomic mass is 127. The van der Waals surface area contributed by atoms with E-state index >= 15 is 0 Å². The first-order valence-corrected chi connectivity index (χ1v) is 17.3. The van der Waals surface area contributed by atoms with Crippen LogP contribution in [0.15, 0.2) is 79.1 Å². The summed E-state index contributed by atoms with van der Waals surface area (Å²) in [6.07, 6.45) is 6.32. The molecule has 2 aliphatic rings. The van der Waals surface area contributed by atoms with Gasteiger partial charge in [0, 0.05) is 22.2 Å². The van der Waals surface area contributed by atoms with E-state index in [9.17, 15) is 9.59 Å². The number of ether oxygens (including phenoxy) is 1. The Kier molecular flexibility index (Phi) is 8.64. The van der Waals surface area contributed by atoms with Gasteiger partial charge in [-0.2, -0.15) is 0 Å². The highest BCUT2D eigenvalue weighted by molar-refractivity contribution is 14.1. The molecular formula is C34H31IN6O3S. The number of halogens is 1. The number of hydrogen-bond donors (Lipinski definition) is 2. The number of rotatable bonds is 9. The Morgan fingerprint density at radius 1 is 1.00 bits per heavy atom. The smallest absolute Gasteiger partial charge is 0.332 e. The molecule has 0 saturated carbocycles. The topological polar surface area (TPSA) is 99.7 Å². The van der Waals surface area contributed by atoms with Crippen molar-refractivity contribution in [2.24, 2.45) is 0 Å². The molecule has 3 aromatic carbocycles. The summed E-state index contributed by atoms with van der Waals surface area (Å²) in [6.45, 7) is 3.42. The normalized spacial score (nSPS) is 14.8. The zero-order valence-electron chi connectivity index (χ0n) is 24.5. The predicted molar refractivity (Wildman–Crippen MR) is 188 cm³/mol. The number of aromatic nitrogens is 2. The fraction of sp³-hybridized carbons (Fsp3) is 0.235. The van der Waals surface area contributed by atoms with Gasteiger partial charge in [-0.1, -0.05) is 59.3 Å². The van der Waals surface area contributed by atoms with Crippen molar-refractivity contribution >= 4 is 79.0 Å². The number of nitrogens with zero attached hydrogens (tertiary/aromatic N) is 4. The molecule has 9 nitrogen and oxygen atoms in total. The standard InChI is InChI=1S/C34H31IN6O3S/c35-20-23-19-25(13-14-27(23)44-26-7-3-1-4-8-26)41-31-28-29(39-34(41)43)30(45-33(28)37-21-36-31)32(42)38-24-11-9-22(10-12-24)15-18-40-16-5-2-6-17-40/h1,3-4,7-14,19,21H,2,5-6,15-18,20H2,(H,38,42)(H,39,43). The molecule has 45 heavy (non-hydrogen) atoms. The van der Waals surface area contributed by atoms with Crippen LogP contribution in [0.5, 0.6) is 11.5 Å². The van der Waals surface area contributed by atoms with Crippen LogP contribution in [0, 0.1) is 0 Å².